The number of halogens is 1. The van der Waals surface area contributed by atoms with Gasteiger partial charge in [-0.15, -0.1) is 0 Å². The van der Waals surface area contributed by atoms with Gasteiger partial charge in [0.15, 0.2) is 11.9 Å². The molecule has 0 spiro atoms. The van der Waals surface area contributed by atoms with E-state index in [2.05, 4.69) is 0 Å². The number of carbonyl (C=O) groups is 3. The maximum absolute atomic E-state index is 12.8. The lowest BCUT2D eigenvalue weighted by Crippen LogP contribution is -2.55. The Kier molecular flexibility index (Phi) is 5.49. The third-order valence-electron chi connectivity index (χ3n) is 4.44. The van der Waals surface area contributed by atoms with Gasteiger partial charge in [-0.05, 0) is 32.3 Å². The molecule has 0 bridgehead atoms. The van der Waals surface area contributed by atoms with Crippen molar-refractivity contribution in [2.75, 3.05) is 7.05 Å². The number of rotatable bonds is 4. The lowest BCUT2D eigenvalue weighted by atomic mass is 9.74. The van der Waals surface area contributed by atoms with Crippen molar-refractivity contribution >= 4 is 29.4 Å². The number of aliphatic carboxylic acids is 1. The molecule has 6 nitrogen and oxygen atoms in total. The summed E-state index contributed by atoms with van der Waals surface area (Å²) < 4.78 is 4.95. The first kappa shape index (κ1) is 18.3. The van der Waals surface area contributed by atoms with E-state index in [1.807, 2.05) is 0 Å². The van der Waals surface area contributed by atoms with E-state index in [9.17, 15) is 14.4 Å². The Balaban J connectivity index is 2.44. The fourth-order valence-electron chi connectivity index (χ4n) is 3.07. The second-order valence-electron chi connectivity index (χ2n) is 5.89. The molecule has 130 valence electrons. The number of benzene rings is 1. The number of likely N-dealkylation sites (N-methyl/N-ethyl adjacent to an activating group) is 1. The normalized spacial score (nSPS) is 21.9. The number of carbonyl (C=O) groups excluding carboxylic acids is 2. The van der Waals surface area contributed by atoms with Gasteiger partial charge in [0.25, 0.3) is 0 Å². The highest BCUT2D eigenvalue weighted by molar-refractivity contribution is 6.31. The van der Waals surface area contributed by atoms with Crippen LogP contribution in [0.3, 0.4) is 0 Å². The summed E-state index contributed by atoms with van der Waals surface area (Å²) in [6.07, 6.45) is 0.0876. The van der Waals surface area contributed by atoms with Gasteiger partial charge in [-0.2, -0.15) is 0 Å². The fourth-order valence-corrected chi connectivity index (χ4v) is 3.36. The molecule has 1 aromatic rings. The van der Waals surface area contributed by atoms with E-state index < -0.39 is 23.7 Å². The van der Waals surface area contributed by atoms with Gasteiger partial charge in [0.05, 0.1) is 0 Å². The summed E-state index contributed by atoms with van der Waals surface area (Å²) in [5.74, 6) is -1.37. The van der Waals surface area contributed by atoms with Crippen molar-refractivity contribution in [3.8, 4) is 0 Å². The summed E-state index contributed by atoms with van der Waals surface area (Å²) in [6, 6.07) is 6.89. The largest absolute Gasteiger partial charge is 0.479 e. The van der Waals surface area contributed by atoms with E-state index in [0.29, 0.717) is 23.4 Å². The first-order chi connectivity index (χ1) is 11.3. The zero-order valence-corrected chi connectivity index (χ0v) is 14.4. The molecule has 24 heavy (non-hydrogen) atoms. The number of hydrogen-bond donors (Lipinski definition) is 1. The van der Waals surface area contributed by atoms with Gasteiger partial charge in [-0.25, -0.2) is 9.59 Å². The second kappa shape index (κ2) is 7.21. The Hall–Kier alpha value is -2.08. The molecule has 0 heterocycles. The van der Waals surface area contributed by atoms with Crippen LogP contribution in [0.25, 0.3) is 0 Å². The van der Waals surface area contributed by atoms with Gasteiger partial charge in [0.1, 0.15) is 5.54 Å². The number of ketones is 1. The predicted octanol–water partition coefficient (Wildman–Crippen LogP) is 3.22. The Labute approximate surface area is 145 Å². The molecule has 7 heteroatoms. The molecular weight excluding hydrogens is 334 g/mol. The molecular formula is C17H20ClNO5. The SMILES string of the molecule is CC(OC(=O)N(C)[C@]1(c2ccccc2Cl)CCCCC1=O)C(=O)O. The topological polar surface area (TPSA) is 83.9 Å². The van der Waals surface area contributed by atoms with Crippen molar-refractivity contribution in [1.82, 2.24) is 4.90 Å². The Morgan fingerprint density at radius 1 is 1.33 bits per heavy atom. The molecule has 0 saturated heterocycles. The zero-order chi connectivity index (χ0) is 17.9. The van der Waals surface area contributed by atoms with Crippen LogP contribution in [0.2, 0.25) is 5.02 Å². The number of carboxylic acids is 1. The van der Waals surface area contributed by atoms with Gasteiger partial charge >= 0.3 is 12.1 Å². The lowest BCUT2D eigenvalue weighted by Gasteiger charge is -2.43. The molecule has 1 aliphatic carbocycles. The lowest BCUT2D eigenvalue weighted by molar-refractivity contribution is -0.147. The fraction of sp³-hybridized carbons (Fsp3) is 0.471. The summed E-state index contributed by atoms with van der Waals surface area (Å²) >= 11 is 6.29. The zero-order valence-electron chi connectivity index (χ0n) is 13.6. The summed E-state index contributed by atoms with van der Waals surface area (Å²) in [6.45, 7) is 1.26. The average Bonchev–Trinajstić information content (AvgIpc) is 2.55. The van der Waals surface area contributed by atoms with Crippen LogP contribution in [-0.4, -0.2) is 41.0 Å². The Bertz CT molecular complexity index is 662. The standard InChI is InChI=1S/C17H20ClNO5/c1-11(15(21)22)24-16(23)19(2)17(10-6-5-9-14(17)20)12-7-3-4-8-13(12)18/h3-4,7-8,11H,5-6,9-10H2,1-2H3,(H,21,22)/t11?,17-/m0/s1. The number of nitrogens with zero attached hydrogens (tertiary/aromatic N) is 1. The summed E-state index contributed by atoms with van der Waals surface area (Å²) in [7, 11) is 1.45. The van der Waals surface area contributed by atoms with E-state index in [1.54, 1.807) is 24.3 Å². The van der Waals surface area contributed by atoms with Crippen LogP contribution in [0.1, 0.15) is 38.2 Å². The van der Waals surface area contributed by atoms with Crippen LogP contribution in [0.5, 0.6) is 0 Å². The van der Waals surface area contributed by atoms with E-state index in [4.69, 9.17) is 21.4 Å². The van der Waals surface area contributed by atoms with Crippen molar-refractivity contribution < 1.29 is 24.2 Å². The minimum absolute atomic E-state index is 0.121. The molecule has 0 aliphatic heterocycles. The molecule has 1 amide bonds. The van der Waals surface area contributed by atoms with Gasteiger partial charge < -0.3 is 9.84 Å². The molecule has 0 aromatic heterocycles. The molecule has 0 radical (unpaired) electrons. The first-order valence-corrected chi connectivity index (χ1v) is 8.14. The van der Waals surface area contributed by atoms with Crippen molar-refractivity contribution in [1.29, 1.82) is 0 Å². The minimum Gasteiger partial charge on any atom is -0.479 e. The number of ether oxygens (including phenoxy) is 1. The summed E-state index contributed by atoms with van der Waals surface area (Å²) in [5, 5.41) is 9.30. The van der Waals surface area contributed by atoms with Crippen LogP contribution >= 0.6 is 11.6 Å². The van der Waals surface area contributed by atoms with Crippen molar-refractivity contribution in [3.05, 3.63) is 34.9 Å². The average molecular weight is 354 g/mol. The van der Waals surface area contributed by atoms with Crippen molar-refractivity contribution in [2.45, 2.75) is 44.2 Å². The Morgan fingerprint density at radius 2 is 2.00 bits per heavy atom. The molecule has 1 N–H and O–H groups in total. The predicted molar refractivity (Wildman–Crippen MR) is 87.9 cm³/mol. The monoisotopic (exact) mass is 353 g/mol. The maximum atomic E-state index is 12.8. The van der Waals surface area contributed by atoms with Crippen molar-refractivity contribution in [3.63, 3.8) is 0 Å². The van der Waals surface area contributed by atoms with Crippen LogP contribution < -0.4 is 0 Å². The number of carboxylic acid groups (broad SMARTS) is 1. The Morgan fingerprint density at radius 3 is 2.58 bits per heavy atom. The molecule has 2 atom stereocenters. The molecule has 1 aliphatic rings. The van der Waals surface area contributed by atoms with Crippen LogP contribution in [0.4, 0.5) is 4.79 Å². The van der Waals surface area contributed by atoms with Crippen molar-refractivity contribution in [2.24, 2.45) is 0 Å². The number of hydrogen-bond acceptors (Lipinski definition) is 4. The highest BCUT2D eigenvalue weighted by Crippen LogP contribution is 2.42. The third kappa shape index (κ3) is 3.24. The van der Waals surface area contributed by atoms with Crippen LogP contribution in [0, 0.1) is 0 Å². The molecule has 1 unspecified atom stereocenters. The highest BCUT2D eigenvalue weighted by Gasteiger charge is 2.48. The maximum Gasteiger partial charge on any atom is 0.411 e. The van der Waals surface area contributed by atoms with E-state index in [1.165, 1.54) is 18.9 Å². The quantitative estimate of drug-likeness (QED) is 0.898. The molecule has 1 fully saturated rings. The number of Topliss-reactive ketones (excluding diaryl/α,β-unsaturated/α-hetero) is 1. The summed E-state index contributed by atoms with van der Waals surface area (Å²) in [4.78, 5) is 37.4. The highest BCUT2D eigenvalue weighted by atomic mass is 35.5. The van der Waals surface area contributed by atoms with Gasteiger partial charge in [-0.3, -0.25) is 9.69 Å². The van der Waals surface area contributed by atoms with E-state index >= 15 is 0 Å². The smallest absolute Gasteiger partial charge is 0.411 e. The van der Waals surface area contributed by atoms with Gasteiger partial charge in [-0.1, -0.05) is 29.8 Å². The molecule has 2 rings (SSSR count). The minimum atomic E-state index is -1.30. The number of amides is 1. The molecule has 1 aromatic carbocycles. The van der Waals surface area contributed by atoms with E-state index in [0.717, 1.165) is 12.8 Å². The summed E-state index contributed by atoms with van der Waals surface area (Å²) in [5.41, 5.74) is -0.690. The first-order valence-electron chi connectivity index (χ1n) is 7.76. The van der Waals surface area contributed by atoms with E-state index in [-0.39, 0.29) is 5.78 Å². The van der Waals surface area contributed by atoms with Gasteiger partial charge in [0, 0.05) is 24.1 Å². The second-order valence-corrected chi connectivity index (χ2v) is 6.30. The van der Waals surface area contributed by atoms with Crippen LogP contribution in [-0.2, 0) is 19.9 Å². The third-order valence-corrected chi connectivity index (χ3v) is 4.77. The van der Waals surface area contributed by atoms with Crippen LogP contribution in [0.15, 0.2) is 24.3 Å². The molecule has 1 saturated carbocycles. The van der Waals surface area contributed by atoms with Gasteiger partial charge in [0.2, 0.25) is 0 Å².